The number of methoxy groups -OCH3 is 2. The third-order valence-corrected chi connectivity index (χ3v) is 8.10. The topological polar surface area (TPSA) is 172 Å². The van der Waals surface area contributed by atoms with Crippen LogP contribution in [0, 0.1) is 23.2 Å². The second-order valence-corrected chi connectivity index (χ2v) is 13.5. The van der Waals surface area contributed by atoms with Crippen LogP contribution in [0.2, 0.25) is 0 Å². The second kappa shape index (κ2) is 17.7. The van der Waals surface area contributed by atoms with Crippen LogP contribution in [-0.2, 0) is 4.74 Å². The lowest BCUT2D eigenvalue weighted by Gasteiger charge is -2.20. The Morgan fingerprint density at radius 3 is 2.38 bits per heavy atom. The van der Waals surface area contributed by atoms with Crippen LogP contribution in [0.3, 0.4) is 0 Å². The van der Waals surface area contributed by atoms with Crippen LogP contribution in [0.15, 0.2) is 103 Å². The fraction of sp³-hybridized carbons (Fsp3) is 0.214. The summed E-state index contributed by atoms with van der Waals surface area (Å²) in [4.78, 5) is 35.2. The molecule has 13 heteroatoms. The van der Waals surface area contributed by atoms with Crippen molar-refractivity contribution in [1.82, 2.24) is 20.6 Å². The lowest BCUT2D eigenvalue weighted by molar-refractivity contribution is 0.0905. The van der Waals surface area contributed by atoms with Crippen molar-refractivity contribution in [3.63, 3.8) is 0 Å². The molecule has 0 radical (unpaired) electrons. The van der Waals surface area contributed by atoms with Crippen LogP contribution >= 0.6 is 0 Å². The fourth-order valence-corrected chi connectivity index (χ4v) is 5.25. The van der Waals surface area contributed by atoms with Crippen LogP contribution in [0.5, 0.6) is 17.4 Å². The summed E-state index contributed by atoms with van der Waals surface area (Å²) in [7, 11) is 3.16. The first kappa shape index (κ1) is 39.3. The Morgan fingerprint density at radius 2 is 1.69 bits per heavy atom. The number of ether oxygens (including phenoxy) is 3. The van der Waals surface area contributed by atoms with Gasteiger partial charge in [-0.1, -0.05) is 51.0 Å². The molecule has 1 atom stereocenters. The number of nitrogens with one attached hydrogen (secondary N) is 6. The molecule has 13 nitrogen and oxygen atoms in total. The zero-order valence-electron chi connectivity index (χ0n) is 31.5. The molecule has 4 aromatic carbocycles. The molecule has 0 bridgehead atoms. The van der Waals surface area contributed by atoms with Crippen LogP contribution in [0.1, 0.15) is 43.6 Å². The monoisotopic (exact) mass is 740 g/mol. The molecule has 282 valence electrons. The molecule has 5 aromatic rings. The highest BCUT2D eigenvalue weighted by Crippen LogP contribution is 2.34. The van der Waals surface area contributed by atoms with E-state index < -0.39 is 11.4 Å². The first-order valence-corrected chi connectivity index (χ1v) is 17.4. The predicted molar refractivity (Wildman–Crippen MR) is 217 cm³/mol. The van der Waals surface area contributed by atoms with E-state index in [-0.39, 0.29) is 23.8 Å². The number of carbonyl (C=O) groups excluding carboxylic acids is 2. The van der Waals surface area contributed by atoms with Gasteiger partial charge in [0.1, 0.15) is 17.3 Å². The van der Waals surface area contributed by atoms with E-state index in [1.807, 2.05) is 64.1 Å². The second-order valence-electron chi connectivity index (χ2n) is 13.5. The van der Waals surface area contributed by atoms with Gasteiger partial charge in [0.15, 0.2) is 0 Å². The molecule has 0 aliphatic rings. The van der Waals surface area contributed by atoms with Crippen molar-refractivity contribution < 1.29 is 23.8 Å². The number of hydrogen-bond acceptors (Lipinski definition) is 10. The van der Waals surface area contributed by atoms with E-state index in [4.69, 9.17) is 26.0 Å². The standard InChI is InChI=1S/C42H44N8O5/c1-8-27-21-28(39(51)45-26(2)25-53-6)23-30(22-27)47-40-44-20-19-38(50-40)55-35-18-17-34(32-11-9-10-12-33(32)35)48-41(52)49-37(24-36(43)42(3,4)5)46-29-13-15-31(54-7)16-14-29/h1,9-24,26,43,46H,25H2,2-7H3,(H,45,51)(H,44,47,50)(H2,48,49,52)/b37-24+,43-36?. The first-order chi connectivity index (χ1) is 26.3. The smallest absolute Gasteiger partial charge is 0.324 e. The summed E-state index contributed by atoms with van der Waals surface area (Å²) in [6, 6.07) is 24.1. The minimum Gasteiger partial charge on any atom is -0.497 e. The molecule has 1 heterocycles. The van der Waals surface area contributed by atoms with E-state index in [0.29, 0.717) is 57.8 Å². The summed E-state index contributed by atoms with van der Waals surface area (Å²) < 4.78 is 16.6. The number of allylic oxidation sites excluding steroid dienone is 1. The molecular weight excluding hydrogens is 697 g/mol. The molecule has 1 unspecified atom stereocenters. The Bertz CT molecular complexity index is 2260. The quantitative estimate of drug-likeness (QED) is 0.0487. The number of terminal acetylenes is 1. The van der Waals surface area contributed by atoms with Gasteiger partial charge in [0.25, 0.3) is 5.91 Å². The fourth-order valence-electron chi connectivity index (χ4n) is 5.25. The maximum absolute atomic E-state index is 13.4. The van der Waals surface area contributed by atoms with Crippen LogP contribution in [0.4, 0.5) is 27.8 Å². The molecule has 0 aliphatic heterocycles. The summed E-state index contributed by atoms with van der Waals surface area (Å²) >= 11 is 0. The number of anilines is 4. The van der Waals surface area contributed by atoms with Crippen molar-refractivity contribution >= 4 is 51.4 Å². The van der Waals surface area contributed by atoms with Gasteiger partial charge in [-0.25, -0.2) is 9.78 Å². The van der Waals surface area contributed by atoms with E-state index in [2.05, 4.69) is 42.5 Å². The molecular formula is C42H44N8O5. The van der Waals surface area contributed by atoms with Gasteiger partial charge < -0.3 is 40.9 Å². The zero-order chi connectivity index (χ0) is 39.5. The molecule has 1 aromatic heterocycles. The number of urea groups is 1. The third-order valence-electron chi connectivity index (χ3n) is 8.10. The number of amides is 3. The summed E-state index contributed by atoms with van der Waals surface area (Å²) in [5.41, 5.74) is 2.49. The van der Waals surface area contributed by atoms with Gasteiger partial charge in [-0.2, -0.15) is 4.98 Å². The lowest BCUT2D eigenvalue weighted by atomic mass is 9.90. The Labute approximate surface area is 320 Å². The highest BCUT2D eigenvalue weighted by Gasteiger charge is 2.18. The van der Waals surface area contributed by atoms with Gasteiger partial charge in [-0.15, -0.1) is 6.42 Å². The van der Waals surface area contributed by atoms with Crippen molar-refractivity contribution in [2.75, 3.05) is 36.8 Å². The Morgan fingerprint density at radius 1 is 0.945 bits per heavy atom. The number of nitrogens with zero attached hydrogens (tertiary/aromatic N) is 2. The number of carbonyl (C=O) groups is 2. The SMILES string of the molecule is C#Cc1cc(Nc2nccc(Oc3ccc(NC(=O)N/C(=C/C(=N)C(C)(C)C)Nc4ccc(OC)cc4)c4ccccc34)n2)cc(C(=O)NC(C)COC)c1. The van der Waals surface area contributed by atoms with Crippen molar-refractivity contribution in [2.24, 2.45) is 5.41 Å². The van der Waals surface area contributed by atoms with E-state index in [1.54, 1.807) is 75.0 Å². The summed E-state index contributed by atoms with van der Waals surface area (Å²) in [5.74, 6) is 4.26. The molecule has 0 aliphatic carbocycles. The number of rotatable bonds is 14. The molecule has 0 spiro atoms. The average Bonchev–Trinajstić information content (AvgIpc) is 3.15. The number of hydrogen-bond donors (Lipinski definition) is 6. The summed E-state index contributed by atoms with van der Waals surface area (Å²) in [6.45, 7) is 7.98. The normalized spacial score (nSPS) is 11.8. The Kier molecular flexibility index (Phi) is 12.7. The van der Waals surface area contributed by atoms with Crippen molar-refractivity contribution in [1.29, 1.82) is 5.41 Å². The van der Waals surface area contributed by atoms with E-state index in [1.165, 1.54) is 0 Å². The van der Waals surface area contributed by atoms with Crippen LogP contribution < -0.4 is 36.1 Å². The van der Waals surface area contributed by atoms with Gasteiger partial charge in [-0.05, 0) is 61.5 Å². The number of aromatic nitrogens is 2. The maximum atomic E-state index is 13.4. The largest absolute Gasteiger partial charge is 0.497 e. The number of fused-ring (bicyclic) bond motifs is 1. The van der Waals surface area contributed by atoms with Crippen molar-refractivity contribution in [2.45, 2.75) is 33.7 Å². The van der Waals surface area contributed by atoms with E-state index in [9.17, 15) is 9.59 Å². The number of benzene rings is 4. The Balaban J connectivity index is 1.33. The van der Waals surface area contributed by atoms with Crippen molar-refractivity contribution in [3.05, 3.63) is 114 Å². The average molecular weight is 741 g/mol. The highest BCUT2D eigenvalue weighted by atomic mass is 16.5. The molecule has 0 saturated carbocycles. The molecule has 3 amide bonds. The van der Waals surface area contributed by atoms with Gasteiger partial charge in [0, 0.05) is 75.9 Å². The molecule has 6 N–H and O–H groups in total. The molecule has 5 rings (SSSR count). The molecule has 0 fully saturated rings. The summed E-state index contributed by atoms with van der Waals surface area (Å²) in [5, 5.41) is 25.0. The van der Waals surface area contributed by atoms with Crippen molar-refractivity contribution in [3.8, 4) is 29.7 Å². The summed E-state index contributed by atoms with van der Waals surface area (Å²) in [6.07, 6.45) is 8.83. The minimum atomic E-state index is -0.515. The predicted octanol–water partition coefficient (Wildman–Crippen LogP) is 8.06. The van der Waals surface area contributed by atoms with Gasteiger partial charge in [-0.3, -0.25) is 10.1 Å². The molecule has 0 saturated heterocycles. The zero-order valence-corrected chi connectivity index (χ0v) is 31.5. The lowest BCUT2D eigenvalue weighted by Crippen LogP contribution is -2.35. The first-order valence-electron chi connectivity index (χ1n) is 17.4. The van der Waals surface area contributed by atoms with Gasteiger partial charge in [0.2, 0.25) is 11.8 Å². The highest BCUT2D eigenvalue weighted by molar-refractivity contribution is 6.05. The van der Waals surface area contributed by atoms with Gasteiger partial charge in [0.05, 0.1) is 19.4 Å². The maximum Gasteiger partial charge on any atom is 0.324 e. The van der Waals surface area contributed by atoms with E-state index >= 15 is 0 Å². The molecule has 55 heavy (non-hydrogen) atoms. The van der Waals surface area contributed by atoms with Crippen LogP contribution in [-0.4, -0.2) is 54.5 Å². The Hall–Kier alpha value is -6.91. The third kappa shape index (κ3) is 10.8. The minimum absolute atomic E-state index is 0.198. The van der Waals surface area contributed by atoms with E-state index in [0.717, 1.165) is 10.8 Å². The van der Waals surface area contributed by atoms with Gasteiger partial charge >= 0.3 is 6.03 Å². The van der Waals surface area contributed by atoms with Crippen LogP contribution in [0.25, 0.3) is 10.8 Å².